The van der Waals surface area contributed by atoms with Crippen LogP contribution in [0.3, 0.4) is 0 Å². The highest BCUT2D eigenvalue weighted by molar-refractivity contribution is 7.99. The summed E-state index contributed by atoms with van der Waals surface area (Å²) in [4.78, 5) is 4.62. The summed E-state index contributed by atoms with van der Waals surface area (Å²) >= 11 is 2.09. The average molecular weight is 251 g/mol. The first-order valence-electron chi connectivity index (χ1n) is 6.73. The van der Waals surface area contributed by atoms with E-state index in [1.165, 1.54) is 42.3 Å². The minimum Gasteiger partial charge on any atom is -0.316 e. The molecule has 0 spiro atoms. The molecule has 1 aromatic heterocycles. The Labute approximate surface area is 107 Å². The third-order valence-corrected chi connectivity index (χ3v) is 5.08. The van der Waals surface area contributed by atoms with Crippen LogP contribution in [0, 0.1) is 5.92 Å². The van der Waals surface area contributed by atoms with Crippen molar-refractivity contribution in [2.75, 3.05) is 11.5 Å². The van der Waals surface area contributed by atoms with Crippen LogP contribution in [-0.4, -0.2) is 21.1 Å². The molecule has 1 atom stereocenters. The van der Waals surface area contributed by atoms with Gasteiger partial charge in [-0.2, -0.15) is 11.8 Å². The van der Waals surface area contributed by atoms with Crippen LogP contribution in [0.4, 0.5) is 0 Å². The number of nitrogens with two attached hydrogens (primary N) is 1. The Hall–Kier alpha value is -0.480. The lowest BCUT2D eigenvalue weighted by atomic mass is 9.98. The van der Waals surface area contributed by atoms with E-state index in [-0.39, 0.29) is 6.17 Å². The van der Waals surface area contributed by atoms with E-state index in [0.717, 1.165) is 25.2 Å². The van der Waals surface area contributed by atoms with Crippen LogP contribution in [0.25, 0.3) is 0 Å². The molecule has 3 rings (SSSR count). The van der Waals surface area contributed by atoms with Crippen molar-refractivity contribution in [1.29, 1.82) is 0 Å². The highest BCUT2D eigenvalue weighted by Gasteiger charge is 2.23. The van der Waals surface area contributed by atoms with Gasteiger partial charge < -0.3 is 10.3 Å². The van der Waals surface area contributed by atoms with Crippen LogP contribution in [0.5, 0.6) is 0 Å². The largest absolute Gasteiger partial charge is 0.316 e. The molecule has 1 unspecified atom stereocenters. The van der Waals surface area contributed by atoms with Crippen molar-refractivity contribution >= 4 is 11.8 Å². The molecule has 2 aliphatic heterocycles. The van der Waals surface area contributed by atoms with Crippen LogP contribution >= 0.6 is 11.8 Å². The Morgan fingerprint density at radius 1 is 1.35 bits per heavy atom. The third-order valence-electron chi connectivity index (χ3n) is 4.03. The van der Waals surface area contributed by atoms with Crippen LogP contribution in [0.2, 0.25) is 0 Å². The zero-order valence-electron chi connectivity index (χ0n) is 10.3. The topological polar surface area (TPSA) is 43.8 Å². The van der Waals surface area contributed by atoms with Gasteiger partial charge in [-0.05, 0) is 49.5 Å². The molecule has 0 saturated carbocycles. The van der Waals surface area contributed by atoms with Crippen LogP contribution < -0.4 is 5.73 Å². The lowest BCUT2D eigenvalue weighted by molar-refractivity contribution is 0.383. The highest BCUT2D eigenvalue weighted by atomic mass is 32.2. The smallest absolute Gasteiger partial charge is 0.110 e. The van der Waals surface area contributed by atoms with Crippen molar-refractivity contribution in [3.05, 3.63) is 17.7 Å². The quantitative estimate of drug-likeness (QED) is 0.877. The lowest BCUT2D eigenvalue weighted by Crippen LogP contribution is -2.27. The van der Waals surface area contributed by atoms with Gasteiger partial charge in [-0.3, -0.25) is 0 Å². The molecule has 0 amide bonds. The van der Waals surface area contributed by atoms with Gasteiger partial charge in [0, 0.05) is 18.3 Å². The molecule has 0 aromatic carbocycles. The number of hydrogen-bond acceptors (Lipinski definition) is 3. The fraction of sp³-hybridized carbons (Fsp3) is 0.769. The second-order valence-corrected chi connectivity index (χ2v) is 6.48. The molecule has 0 radical (unpaired) electrons. The summed E-state index contributed by atoms with van der Waals surface area (Å²) in [7, 11) is 0. The van der Waals surface area contributed by atoms with E-state index in [0.29, 0.717) is 0 Å². The zero-order valence-corrected chi connectivity index (χ0v) is 11.1. The molecule has 4 heteroatoms. The fourth-order valence-electron chi connectivity index (χ4n) is 3.01. The van der Waals surface area contributed by atoms with E-state index < -0.39 is 0 Å². The highest BCUT2D eigenvalue weighted by Crippen LogP contribution is 2.28. The molecule has 2 N–H and O–H groups in total. The van der Waals surface area contributed by atoms with Crippen LogP contribution in [0.1, 0.15) is 43.4 Å². The second-order valence-electron chi connectivity index (χ2n) is 5.26. The summed E-state index contributed by atoms with van der Waals surface area (Å²) in [6, 6.07) is 0. The molecule has 1 aromatic rings. The minimum absolute atomic E-state index is 0.175. The number of aryl methyl sites for hydroxylation is 1. The minimum atomic E-state index is 0.175. The maximum Gasteiger partial charge on any atom is 0.110 e. The summed E-state index contributed by atoms with van der Waals surface area (Å²) in [5.41, 5.74) is 7.57. The summed E-state index contributed by atoms with van der Waals surface area (Å²) in [6.07, 6.45) is 9.53. The van der Waals surface area contributed by atoms with E-state index in [4.69, 9.17) is 5.73 Å². The Morgan fingerprint density at radius 3 is 3.00 bits per heavy atom. The Balaban J connectivity index is 1.76. The van der Waals surface area contributed by atoms with E-state index in [9.17, 15) is 0 Å². The number of fused-ring (bicyclic) bond motifs is 1. The van der Waals surface area contributed by atoms with Crippen molar-refractivity contribution in [2.24, 2.45) is 11.7 Å². The summed E-state index contributed by atoms with van der Waals surface area (Å²) in [5, 5.41) is 0. The molecule has 94 valence electrons. The molecule has 0 bridgehead atoms. The predicted molar refractivity (Wildman–Crippen MR) is 72.1 cm³/mol. The summed E-state index contributed by atoms with van der Waals surface area (Å²) < 4.78 is 2.31. The van der Waals surface area contributed by atoms with Crippen molar-refractivity contribution in [3.63, 3.8) is 0 Å². The van der Waals surface area contributed by atoms with Crippen molar-refractivity contribution in [1.82, 2.24) is 9.55 Å². The van der Waals surface area contributed by atoms with E-state index in [1.807, 2.05) is 6.20 Å². The number of hydrogen-bond donors (Lipinski definition) is 1. The Bertz CT molecular complexity index is 382. The van der Waals surface area contributed by atoms with E-state index in [1.54, 1.807) is 0 Å². The molecule has 3 nitrogen and oxygen atoms in total. The van der Waals surface area contributed by atoms with Crippen molar-refractivity contribution in [3.8, 4) is 0 Å². The molecular weight excluding hydrogens is 230 g/mol. The van der Waals surface area contributed by atoms with Gasteiger partial charge in [-0.1, -0.05) is 0 Å². The van der Waals surface area contributed by atoms with E-state index in [2.05, 4.69) is 21.3 Å². The van der Waals surface area contributed by atoms with Gasteiger partial charge in [0.05, 0.1) is 6.17 Å². The maximum atomic E-state index is 6.22. The molecule has 17 heavy (non-hydrogen) atoms. The zero-order chi connectivity index (χ0) is 11.7. The van der Waals surface area contributed by atoms with E-state index >= 15 is 0 Å². The maximum absolute atomic E-state index is 6.22. The lowest BCUT2D eigenvalue weighted by Gasteiger charge is -2.26. The summed E-state index contributed by atoms with van der Waals surface area (Å²) in [5.74, 6) is 4.72. The Kier molecular flexibility index (Phi) is 3.43. The monoisotopic (exact) mass is 251 g/mol. The molecule has 3 heterocycles. The first-order chi connectivity index (χ1) is 8.34. The third kappa shape index (κ3) is 2.38. The fourth-order valence-corrected chi connectivity index (χ4v) is 4.21. The van der Waals surface area contributed by atoms with Gasteiger partial charge in [0.15, 0.2) is 0 Å². The molecule has 1 fully saturated rings. The Morgan fingerprint density at radius 2 is 2.18 bits per heavy atom. The predicted octanol–water partition coefficient (Wildman–Crippen LogP) is 2.36. The average Bonchev–Trinajstić information content (AvgIpc) is 2.75. The van der Waals surface area contributed by atoms with Crippen LogP contribution in [0.15, 0.2) is 6.20 Å². The van der Waals surface area contributed by atoms with Crippen molar-refractivity contribution in [2.45, 2.75) is 44.7 Å². The number of rotatable bonds is 2. The number of nitrogens with zero attached hydrogens (tertiary/aromatic N) is 2. The number of thioether (sulfide) groups is 1. The van der Waals surface area contributed by atoms with Gasteiger partial charge in [0.25, 0.3) is 0 Å². The number of imidazole rings is 1. The first kappa shape index (κ1) is 11.6. The molecule has 0 aliphatic carbocycles. The van der Waals surface area contributed by atoms with Crippen molar-refractivity contribution < 1.29 is 0 Å². The van der Waals surface area contributed by atoms with Gasteiger partial charge in [-0.15, -0.1) is 0 Å². The van der Waals surface area contributed by atoms with Gasteiger partial charge in [-0.25, -0.2) is 4.98 Å². The standard InChI is InChI=1S/C13H21N3S/c14-12-3-1-2-11-9-15-13(16(11)12)8-10-4-6-17-7-5-10/h9-10,12H,1-8,14H2. The summed E-state index contributed by atoms with van der Waals surface area (Å²) in [6.45, 7) is 0. The van der Waals surface area contributed by atoms with Gasteiger partial charge in [0.2, 0.25) is 0 Å². The van der Waals surface area contributed by atoms with Gasteiger partial charge in [0.1, 0.15) is 5.82 Å². The molecule has 2 aliphatic rings. The SMILES string of the molecule is NC1CCCc2cnc(CC3CCSCC3)n21. The molecule has 1 saturated heterocycles. The van der Waals surface area contributed by atoms with Gasteiger partial charge >= 0.3 is 0 Å². The first-order valence-corrected chi connectivity index (χ1v) is 7.88. The van der Waals surface area contributed by atoms with Crippen LogP contribution in [-0.2, 0) is 12.8 Å². The normalized spacial score (nSPS) is 25.8. The number of aromatic nitrogens is 2. The molecular formula is C13H21N3S. The second kappa shape index (κ2) is 5.02.